The van der Waals surface area contributed by atoms with Crippen LogP contribution < -0.4 is 5.32 Å². The molecule has 0 radical (unpaired) electrons. The lowest BCUT2D eigenvalue weighted by molar-refractivity contribution is -0.0472. The van der Waals surface area contributed by atoms with Crippen molar-refractivity contribution in [2.75, 3.05) is 13.3 Å². The van der Waals surface area contributed by atoms with Gasteiger partial charge in [-0.15, -0.1) is 0 Å². The summed E-state index contributed by atoms with van der Waals surface area (Å²) in [5.41, 5.74) is 0. The van der Waals surface area contributed by atoms with Crippen molar-refractivity contribution < 1.29 is 13.2 Å². The van der Waals surface area contributed by atoms with Gasteiger partial charge in [-0.25, -0.2) is 8.42 Å². The first-order valence-corrected chi connectivity index (χ1v) is 9.46. The molecule has 0 heterocycles. The van der Waals surface area contributed by atoms with Gasteiger partial charge in [0, 0.05) is 12.3 Å². The van der Waals surface area contributed by atoms with Crippen LogP contribution in [0.4, 0.5) is 0 Å². The van der Waals surface area contributed by atoms with E-state index < -0.39 is 9.84 Å². The molecular formula is C14H27NO3S. The molecule has 2 aliphatic rings. The Labute approximate surface area is 117 Å². The molecule has 2 saturated carbocycles. The van der Waals surface area contributed by atoms with Crippen molar-refractivity contribution in [1.82, 2.24) is 5.32 Å². The van der Waals surface area contributed by atoms with Crippen molar-refractivity contribution in [3.05, 3.63) is 0 Å². The third-order valence-electron chi connectivity index (χ3n) is 4.65. The maximum atomic E-state index is 11.6. The lowest BCUT2D eigenvalue weighted by atomic mass is 9.92. The van der Waals surface area contributed by atoms with E-state index in [0.29, 0.717) is 18.6 Å². The first-order chi connectivity index (χ1) is 8.99. The molecule has 4 nitrogen and oxygen atoms in total. The van der Waals surface area contributed by atoms with Gasteiger partial charge < -0.3 is 10.1 Å². The van der Waals surface area contributed by atoms with Gasteiger partial charge in [0.25, 0.3) is 0 Å². The summed E-state index contributed by atoms with van der Waals surface area (Å²) in [6, 6.07) is 0.634. The molecule has 0 amide bonds. The second-order valence-corrected chi connectivity index (χ2v) is 8.46. The van der Waals surface area contributed by atoms with Crippen molar-refractivity contribution in [1.29, 1.82) is 0 Å². The third-order valence-corrected chi connectivity index (χ3v) is 6.29. The standard InChI is InChI=1S/C14H27NO3S/c1-15-11-6-8-12(9-7-11)18-13-4-3-5-14(10-13)19(2,16)17/h11-15H,3-10H2,1-2H3. The summed E-state index contributed by atoms with van der Waals surface area (Å²) in [5, 5.41) is 3.14. The van der Waals surface area contributed by atoms with Crippen LogP contribution in [-0.4, -0.2) is 45.2 Å². The predicted molar refractivity (Wildman–Crippen MR) is 77.1 cm³/mol. The van der Waals surface area contributed by atoms with Crippen molar-refractivity contribution in [3.8, 4) is 0 Å². The van der Waals surface area contributed by atoms with E-state index in [0.717, 1.165) is 32.1 Å². The van der Waals surface area contributed by atoms with Gasteiger partial charge in [0.1, 0.15) is 9.84 Å². The molecule has 2 aliphatic carbocycles. The van der Waals surface area contributed by atoms with Gasteiger partial charge in [-0.3, -0.25) is 0 Å². The number of rotatable bonds is 4. The maximum Gasteiger partial charge on any atom is 0.150 e. The molecule has 2 atom stereocenters. The Hall–Kier alpha value is -0.130. The zero-order chi connectivity index (χ0) is 13.9. The first-order valence-electron chi connectivity index (χ1n) is 7.50. The average molecular weight is 289 g/mol. The zero-order valence-corrected chi connectivity index (χ0v) is 12.9. The summed E-state index contributed by atoms with van der Waals surface area (Å²) >= 11 is 0. The molecule has 0 spiro atoms. The van der Waals surface area contributed by atoms with Crippen molar-refractivity contribution >= 4 is 9.84 Å². The van der Waals surface area contributed by atoms with Gasteiger partial charge in [0.2, 0.25) is 0 Å². The Morgan fingerprint density at radius 2 is 1.68 bits per heavy atom. The second kappa shape index (κ2) is 6.55. The summed E-state index contributed by atoms with van der Waals surface area (Å²) in [6.45, 7) is 0. The van der Waals surface area contributed by atoms with E-state index in [2.05, 4.69) is 5.32 Å². The highest BCUT2D eigenvalue weighted by Gasteiger charge is 2.31. The van der Waals surface area contributed by atoms with Crippen LogP contribution in [0.3, 0.4) is 0 Å². The highest BCUT2D eigenvalue weighted by Crippen LogP contribution is 2.30. The minimum absolute atomic E-state index is 0.157. The maximum absolute atomic E-state index is 11.6. The molecule has 2 fully saturated rings. The smallest absolute Gasteiger partial charge is 0.150 e. The molecule has 19 heavy (non-hydrogen) atoms. The van der Waals surface area contributed by atoms with E-state index in [-0.39, 0.29) is 11.4 Å². The van der Waals surface area contributed by atoms with E-state index >= 15 is 0 Å². The Balaban J connectivity index is 1.80. The Kier molecular flexibility index (Phi) is 5.26. The fourth-order valence-corrected chi connectivity index (χ4v) is 4.53. The van der Waals surface area contributed by atoms with Crippen LogP contribution in [0.2, 0.25) is 0 Å². The monoisotopic (exact) mass is 289 g/mol. The third kappa shape index (κ3) is 4.43. The molecule has 2 rings (SSSR count). The summed E-state index contributed by atoms with van der Waals surface area (Å²) in [5.74, 6) is 0. The highest BCUT2D eigenvalue weighted by molar-refractivity contribution is 7.91. The topological polar surface area (TPSA) is 55.4 Å². The summed E-state index contributed by atoms with van der Waals surface area (Å²) in [6.07, 6.45) is 9.92. The zero-order valence-electron chi connectivity index (χ0n) is 12.1. The SMILES string of the molecule is CNC1CCC(OC2CCCC(S(C)(=O)=O)C2)CC1. The lowest BCUT2D eigenvalue weighted by Crippen LogP contribution is -2.37. The Bertz CT molecular complexity index is 374. The molecule has 1 N–H and O–H groups in total. The van der Waals surface area contributed by atoms with E-state index in [9.17, 15) is 8.42 Å². The molecule has 2 unspecified atom stereocenters. The molecule has 0 bridgehead atoms. The van der Waals surface area contributed by atoms with Gasteiger partial charge in [0.05, 0.1) is 17.5 Å². The molecule has 0 aromatic rings. The van der Waals surface area contributed by atoms with Crippen LogP contribution in [0.15, 0.2) is 0 Å². The van der Waals surface area contributed by atoms with Crippen LogP contribution >= 0.6 is 0 Å². The van der Waals surface area contributed by atoms with Gasteiger partial charge >= 0.3 is 0 Å². The van der Waals surface area contributed by atoms with Crippen LogP contribution in [0.1, 0.15) is 51.4 Å². The molecular weight excluding hydrogens is 262 g/mol. The molecule has 0 aromatic carbocycles. The largest absolute Gasteiger partial charge is 0.375 e. The normalized spacial score (nSPS) is 37.2. The number of nitrogens with one attached hydrogen (secondary N) is 1. The minimum Gasteiger partial charge on any atom is -0.375 e. The van der Waals surface area contributed by atoms with Crippen LogP contribution in [0, 0.1) is 0 Å². The van der Waals surface area contributed by atoms with Crippen LogP contribution in [-0.2, 0) is 14.6 Å². The highest BCUT2D eigenvalue weighted by atomic mass is 32.2. The van der Waals surface area contributed by atoms with Gasteiger partial charge in [-0.2, -0.15) is 0 Å². The van der Waals surface area contributed by atoms with Crippen molar-refractivity contribution in [3.63, 3.8) is 0 Å². The quantitative estimate of drug-likeness (QED) is 0.858. The molecule has 0 aromatic heterocycles. The molecule has 0 aliphatic heterocycles. The first kappa shape index (κ1) is 15.3. The van der Waals surface area contributed by atoms with Gasteiger partial charge in [-0.05, 0) is 58.4 Å². The fourth-order valence-electron chi connectivity index (χ4n) is 3.37. The number of hydrogen-bond acceptors (Lipinski definition) is 4. The fraction of sp³-hybridized carbons (Fsp3) is 1.00. The van der Waals surface area contributed by atoms with Crippen molar-refractivity contribution in [2.45, 2.75) is 74.9 Å². The molecule has 5 heteroatoms. The second-order valence-electron chi connectivity index (χ2n) is 6.14. The Morgan fingerprint density at radius 1 is 1.00 bits per heavy atom. The number of hydrogen-bond donors (Lipinski definition) is 1. The lowest BCUT2D eigenvalue weighted by Gasteiger charge is -2.34. The predicted octanol–water partition coefficient (Wildman–Crippen LogP) is 1.89. The van der Waals surface area contributed by atoms with E-state index in [4.69, 9.17) is 4.74 Å². The number of ether oxygens (including phenoxy) is 1. The molecule has 112 valence electrons. The average Bonchev–Trinajstić information content (AvgIpc) is 2.39. The van der Waals surface area contributed by atoms with Crippen LogP contribution in [0.5, 0.6) is 0 Å². The van der Waals surface area contributed by atoms with Gasteiger partial charge in [0.15, 0.2) is 0 Å². The molecule has 0 saturated heterocycles. The van der Waals surface area contributed by atoms with E-state index in [1.807, 2.05) is 7.05 Å². The Morgan fingerprint density at radius 3 is 2.26 bits per heavy atom. The minimum atomic E-state index is -2.90. The van der Waals surface area contributed by atoms with E-state index in [1.54, 1.807) is 0 Å². The van der Waals surface area contributed by atoms with Crippen molar-refractivity contribution in [2.24, 2.45) is 0 Å². The summed E-state index contributed by atoms with van der Waals surface area (Å²) < 4.78 is 29.4. The summed E-state index contributed by atoms with van der Waals surface area (Å²) in [4.78, 5) is 0. The summed E-state index contributed by atoms with van der Waals surface area (Å²) in [7, 11) is -0.885. The number of sulfone groups is 1. The van der Waals surface area contributed by atoms with E-state index in [1.165, 1.54) is 19.1 Å². The van der Waals surface area contributed by atoms with Crippen LogP contribution in [0.25, 0.3) is 0 Å². The van der Waals surface area contributed by atoms with Gasteiger partial charge in [-0.1, -0.05) is 0 Å².